The molecule has 1 saturated carbocycles. The van der Waals surface area contributed by atoms with Gasteiger partial charge in [-0.2, -0.15) is 0 Å². The van der Waals surface area contributed by atoms with Gasteiger partial charge in [-0.25, -0.2) is 0 Å². The van der Waals surface area contributed by atoms with Crippen LogP contribution in [0.5, 0.6) is 0 Å². The summed E-state index contributed by atoms with van der Waals surface area (Å²) in [6, 6.07) is 1.77. The standard InChI is InChI=1S/C13H24N2/c1-15-11-4-5-12(15)8-13(7-11)6-2-3-10(13)9-14/h10-12H,2-9,14H2,1H3. The number of piperidine rings is 1. The zero-order valence-corrected chi connectivity index (χ0v) is 9.91. The molecular formula is C13H24N2. The van der Waals surface area contributed by atoms with E-state index in [1.54, 1.807) is 0 Å². The van der Waals surface area contributed by atoms with Crippen molar-refractivity contribution >= 4 is 0 Å². The van der Waals surface area contributed by atoms with Gasteiger partial charge in [-0.1, -0.05) is 6.42 Å². The Bertz CT molecular complexity index is 237. The zero-order chi connectivity index (χ0) is 10.5. The molecule has 2 N–H and O–H groups in total. The molecule has 0 aromatic rings. The first-order valence-electron chi connectivity index (χ1n) is 6.67. The highest BCUT2D eigenvalue weighted by Crippen LogP contribution is 2.55. The van der Waals surface area contributed by atoms with Gasteiger partial charge in [0.25, 0.3) is 0 Å². The van der Waals surface area contributed by atoms with E-state index in [0.29, 0.717) is 5.41 Å². The van der Waals surface area contributed by atoms with Gasteiger partial charge in [0.05, 0.1) is 0 Å². The molecule has 1 aliphatic carbocycles. The van der Waals surface area contributed by atoms with Crippen LogP contribution in [-0.2, 0) is 0 Å². The molecule has 2 heterocycles. The average molecular weight is 208 g/mol. The van der Waals surface area contributed by atoms with Gasteiger partial charge in [-0.3, -0.25) is 0 Å². The van der Waals surface area contributed by atoms with Crippen LogP contribution in [0.25, 0.3) is 0 Å². The quantitative estimate of drug-likeness (QED) is 0.714. The molecule has 0 radical (unpaired) electrons. The summed E-state index contributed by atoms with van der Waals surface area (Å²) in [6.45, 7) is 0.934. The average Bonchev–Trinajstić information content (AvgIpc) is 2.68. The van der Waals surface area contributed by atoms with E-state index in [9.17, 15) is 0 Å². The fourth-order valence-electron chi connectivity index (χ4n) is 4.72. The SMILES string of the molecule is CN1C2CCC1CC1(CCCC1CN)C2. The van der Waals surface area contributed by atoms with E-state index in [4.69, 9.17) is 5.73 Å². The van der Waals surface area contributed by atoms with Gasteiger partial charge in [0, 0.05) is 12.1 Å². The van der Waals surface area contributed by atoms with E-state index >= 15 is 0 Å². The van der Waals surface area contributed by atoms with Crippen LogP contribution in [0, 0.1) is 11.3 Å². The largest absolute Gasteiger partial charge is 0.330 e. The minimum atomic E-state index is 0.660. The van der Waals surface area contributed by atoms with E-state index in [2.05, 4.69) is 11.9 Å². The Morgan fingerprint density at radius 3 is 2.47 bits per heavy atom. The molecule has 3 rings (SSSR count). The van der Waals surface area contributed by atoms with Crippen molar-refractivity contribution < 1.29 is 0 Å². The minimum absolute atomic E-state index is 0.660. The second-order valence-electron chi connectivity index (χ2n) is 6.15. The van der Waals surface area contributed by atoms with Crippen molar-refractivity contribution in [1.82, 2.24) is 4.90 Å². The van der Waals surface area contributed by atoms with Crippen molar-refractivity contribution in [1.29, 1.82) is 0 Å². The van der Waals surface area contributed by atoms with Crippen molar-refractivity contribution in [2.24, 2.45) is 17.1 Å². The van der Waals surface area contributed by atoms with E-state index in [-0.39, 0.29) is 0 Å². The number of nitrogens with two attached hydrogens (primary N) is 1. The van der Waals surface area contributed by atoms with Gasteiger partial charge in [0.1, 0.15) is 0 Å². The van der Waals surface area contributed by atoms with Gasteiger partial charge in [0.2, 0.25) is 0 Å². The molecule has 2 heteroatoms. The topological polar surface area (TPSA) is 29.3 Å². The second-order valence-corrected chi connectivity index (χ2v) is 6.15. The minimum Gasteiger partial charge on any atom is -0.330 e. The van der Waals surface area contributed by atoms with Crippen molar-refractivity contribution in [3.05, 3.63) is 0 Å². The summed E-state index contributed by atoms with van der Waals surface area (Å²) < 4.78 is 0. The summed E-state index contributed by atoms with van der Waals surface area (Å²) >= 11 is 0. The fraction of sp³-hybridized carbons (Fsp3) is 1.00. The van der Waals surface area contributed by atoms with Crippen LogP contribution < -0.4 is 5.73 Å². The molecule has 0 aromatic heterocycles. The molecular weight excluding hydrogens is 184 g/mol. The maximum absolute atomic E-state index is 5.97. The third-order valence-corrected chi connectivity index (χ3v) is 5.65. The molecule has 3 atom stereocenters. The van der Waals surface area contributed by atoms with Gasteiger partial charge >= 0.3 is 0 Å². The molecule has 0 amide bonds. The van der Waals surface area contributed by atoms with Crippen LogP contribution in [0.1, 0.15) is 44.9 Å². The molecule has 3 unspecified atom stereocenters. The summed E-state index contributed by atoms with van der Waals surface area (Å²) in [5.74, 6) is 0.842. The van der Waals surface area contributed by atoms with E-state index in [0.717, 1.165) is 24.5 Å². The van der Waals surface area contributed by atoms with E-state index in [1.807, 2.05) is 0 Å². The Labute approximate surface area is 93.2 Å². The van der Waals surface area contributed by atoms with Crippen LogP contribution in [0.3, 0.4) is 0 Å². The highest BCUT2D eigenvalue weighted by molar-refractivity contribution is 5.05. The Morgan fingerprint density at radius 1 is 1.20 bits per heavy atom. The van der Waals surface area contributed by atoms with Crippen molar-refractivity contribution in [2.75, 3.05) is 13.6 Å². The molecule has 2 saturated heterocycles. The number of nitrogens with zero attached hydrogens (tertiary/aromatic N) is 1. The van der Waals surface area contributed by atoms with Crippen molar-refractivity contribution in [3.8, 4) is 0 Å². The Balaban J connectivity index is 1.83. The van der Waals surface area contributed by atoms with Crippen molar-refractivity contribution in [2.45, 2.75) is 57.0 Å². The van der Waals surface area contributed by atoms with E-state index < -0.39 is 0 Å². The summed E-state index contributed by atoms with van der Waals surface area (Å²) in [5.41, 5.74) is 6.63. The first kappa shape index (κ1) is 10.1. The molecule has 2 aliphatic heterocycles. The lowest BCUT2D eigenvalue weighted by molar-refractivity contribution is 0.0334. The first-order valence-corrected chi connectivity index (χ1v) is 6.67. The number of hydrogen-bond donors (Lipinski definition) is 1. The van der Waals surface area contributed by atoms with Crippen LogP contribution >= 0.6 is 0 Å². The monoisotopic (exact) mass is 208 g/mol. The summed E-state index contributed by atoms with van der Waals surface area (Å²) in [5, 5.41) is 0. The van der Waals surface area contributed by atoms with Crippen LogP contribution in [0.15, 0.2) is 0 Å². The maximum atomic E-state index is 5.97. The molecule has 3 fully saturated rings. The molecule has 2 nitrogen and oxygen atoms in total. The fourth-order valence-corrected chi connectivity index (χ4v) is 4.72. The Morgan fingerprint density at radius 2 is 1.87 bits per heavy atom. The highest BCUT2D eigenvalue weighted by Gasteiger charge is 2.51. The number of hydrogen-bond acceptors (Lipinski definition) is 2. The van der Waals surface area contributed by atoms with Gasteiger partial charge < -0.3 is 10.6 Å². The molecule has 0 aromatic carbocycles. The van der Waals surface area contributed by atoms with Crippen LogP contribution in [0.4, 0.5) is 0 Å². The molecule has 15 heavy (non-hydrogen) atoms. The van der Waals surface area contributed by atoms with Gasteiger partial charge in [-0.05, 0) is 63.5 Å². The van der Waals surface area contributed by atoms with Crippen LogP contribution in [0.2, 0.25) is 0 Å². The lowest BCUT2D eigenvalue weighted by Gasteiger charge is -2.46. The summed E-state index contributed by atoms with van der Waals surface area (Å²) in [6.07, 6.45) is 10.1. The number of rotatable bonds is 1. The van der Waals surface area contributed by atoms with Gasteiger partial charge in [0.15, 0.2) is 0 Å². The highest BCUT2D eigenvalue weighted by atomic mass is 15.2. The van der Waals surface area contributed by atoms with E-state index in [1.165, 1.54) is 44.9 Å². The lowest BCUT2D eigenvalue weighted by atomic mass is 9.68. The normalized spacial score (nSPS) is 50.4. The van der Waals surface area contributed by atoms with Crippen molar-refractivity contribution in [3.63, 3.8) is 0 Å². The smallest absolute Gasteiger partial charge is 0.0101 e. The second kappa shape index (κ2) is 3.46. The molecule has 2 bridgehead atoms. The first-order chi connectivity index (χ1) is 7.25. The maximum Gasteiger partial charge on any atom is 0.0101 e. The Kier molecular flexibility index (Phi) is 2.33. The van der Waals surface area contributed by atoms with Gasteiger partial charge in [-0.15, -0.1) is 0 Å². The molecule has 86 valence electrons. The molecule has 1 spiro atoms. The third kappa shape index (κ3) is 1.38. The Hall–Kier alpha value is -0.0800. The zero-order valence-electron chi connectivity index (χ0n) is 9.91. The lowest BCUT2D eigenvalue weighted by Crippen LogP contribution is -2.48. The third-order valence-electron chi connectivity index (χ3n) is 5.65. The summed E-state index contributed by atoms with van der Waals surface area (Å²) in [4.78, 5) is 2.65. The predicted octanol–water partition coefficient (Wildman–Crippen LogP) is 1.99. The molecule has 3 aliphatic rings. The summed E-state index contributed by atoms with van der Waals surface area (Å²) in [7, 11) is 2.33. The number of fused-ring (bicyclic) bond motifs is 2. The predicted molar refractivity (Wildman–Crippen MR) is 62.6 cm³/mol. The van der Waals surface area contributed by atoms with Crippen LogP contribution in [-0.4, -0.2) is 30.6 Å².